The van der Waals surface area contributed by atoms with Gasteiger partial charge >= 0.3 is 0 Å². The minimum atomic E-state index is -0.480. The second-order valence-corrected chi connectivity index (χ2v) is 8.33. The van der Waals surface area contributed by atoms with E-state index in [0.717, 1.165) is 26.1 Å². The van der Waals surface area contributed by atoms with E-state index in [1.807, 2.05) is 0 Å². The predicted molar refractivity (Wildman–Crippen MR) is 121 cm³/mol. The molecule has 2 aromatic rings. The van der Waals surface area contributed by atoms with Gasteiger partial charge in [-0.05, 0) is 68.0 Å². The maximum Gasteiger partial charge on any atom is 0.129 e. The van der Waals surface area contributed by atoms with Gasteiger partial charge in [-0.15, -0.1) is 0 Å². The van der Waals surface area contributed by atoms with Gasteiger partial charge < -0.3 is 9.64 Å². The van der Waals surface area contributed by atoms with Crippen LogP contribution in [0.4, 0.5) is 8.78 Å². The number of ether oxygens (including phenoxy) is 1. The van der Waals surface area contributed by atoms with Crippen molar-refractivity contribution in [3.8, 4) is 0 Å². The van der Waals surface area contributed by atoms with Crippen molar-refractivity contribution in [2.24, 2.45) is 5.92 Å². The molecule has 0 fully saturated rings. The molecule has 30 heavy (non-hydrogen) atoms. The lowest BCUT2D eigenvalue weighted by Crippen LogP contribution is -2.34. The molecule has 0 amide bonds. The molecule has 0 saturated heterocycles. The molecule has 166 valence electrons. The van der Waals surface area contributed by atoms with Gasteiger partial charge in [0.15, 0.2) is 0 Å². The first-order chi connectivity index (χ1) is 14.4. The highest BCUT2D eigenvalue weighted by molar-refractivity contribution is 5.35. The number of aryl methyl sites for hydroxylation is 2. The fourth-order valence-electron chi connectivity index (χ4n) is 3.95. The predicted octanol–water partition coefficient (Wildman–Crippen LogP) is 6.64. The van der Waals surface area contributed by atoms with Crippen molar-refractivity contribution in [2.45, 2.75) is 60.0 Å². The Balaban J connectivity index is 2.09. The molecule has 0 spiro atoms. The van der Waals surface area contributed by atoms with E-state index in [2.05, 4.69) is 57.7 Å². The van der Waals surface area contributed by atoms with Crippen molar-refractivity contribution in [2.75, 3.05) is 26.2 Å². The van der Waals surface area contributed by atoms with Crippen LogP contribution in [0.15, 0.2) is 36.4 Å². The smallest absolute Gasteiger partial charge is 0.129 e. The zero-order valence-electron chi connectivity index (χ0n) is 19.2. The molecule has 0 radical (unpaired) electrons. The van der Waals surface area contributed by atoms with Crippen LogP contribution in [0.5, 0.6) is 0 Å². The first-order valence-corrected chi connectivity index (χ1v) is 11.2. The number of nitrogens with zero attached hydrogens (tertiary/aromatic N) is 1. The summed E-state index contributed by atoms with van der Waals surface area (Å²) < 4.78 is 34.1. The third-order valence-electron chi connectivity index (χ3n) is 5.95. The Morgan fingerprint density at radius 3 is 2.10 bits per heavy atom. The summed E-state index contributed by atoms with van der Waals surface area (Å²) in [6.07, 6.45) is 2.01. The average Bonchev–Trinajstić information content (AvgIpc) is 2.71. The molecule has 0 aliphatic rings. The first kappa shape index (κ1) is 24.5. The van der Waals surface area contributed by atoms with Gasteiger partial charge in [-0.25, -0.2) is 8.78 Å². The van der Waals surface area contributed by atoms with E-state index >= 15 is 0 Å². The van der Waals surface area contributed by atoms with Crippen molar-refractivity contribution in [1.29, 1.82) is 0 Å². The topological polar surface area (TPSA) is 12.5 Å². The van der Waals surface area contributed by atoms with Crippen molar-refractivity contribution < 1.29 is 13.5 Å². The molecule has 2 aromatic carbocycles. The van der Waals surface area contributed by atoms with Gasteiger partial charge in [0.05, 0.1) is 6.10 Å². The second-order valence-electron chi connectivity index (χ2n) is 8.33. The Labute approximate surface area is 181 Å². The molecule has 2 rings (SSSR count). The lowest BCUT2D eigenvalue weighted by atomic mass is 9.97. The highest BCUT2D eigenvalue weighted by Crippen LogP contribution is 2.27. The molecule has 0 heterocycles. The Morgan fingerprint density at radius 2 is 1.53 bits per heavy atom. The SMILES string of the molecule is CCC(C)CN(CC)CC(OCCCc1c(F)cccc1F)c1c(C)cccc1C. The largest absolute Gasteiger partial charge is 0.372 e. The zero-order valence-corrected chi connectivity index (χ0v) is 19.2. The van der Waals surface area contributed by atoms with Gasteiger partial charge in [0.2, 0.25) is 0 Å². The number of hydrogen-bond donors (Lipinski definition) is 0. The zero-order chi connectivity index (χ0) is 22.1. The molecule has 2 nitrogen and oxygen atoms in total. The van der Waals surface area contributed by atoms with E-state index in [4.69, 9.17) is 4.74 Å². The van der Waals surface area contributed by atoms with E-state index in [9.17, 15) is 8.78 Å². The van der Waals surface area contributed by atoms with Crippen LogP contribution in [0.25, 0.3) is 0 Å². The minimum Gasteiger partial charge on any atom is -0.372 e. The summed E-state index contributed by atoms with van der Waals surface area (Å²) in [6, 6.07) is 10.3. The molecule has 2 unspecified atom stereocenters. The minimum absolute atomic E-state index is 0.0549. The lowest BCUT2D eigenvalue weighted by molar-refractivity contribution is 0.0209. The van der Waals surface area contributed by atoms with Gasteiger partial charge in [-0.1, -0.05) is 51.5 Å². The molecule has 0 aliphatic heterocycles. The van der Waals surface area contributed by atoms with E-state index in [-0.39, 0.29) is 11.7 Å². The summed E-state index contributed by atoms with van der Waals surface area (Å²) >= 11 is 0. The van der Waals surface area contributed by atoms with Crippen molar-refractivity contribution in [3.63, 3.8) is 0 Å². The normalized spacial score (nSPS) is 13.6. The summed E-state index contributed by atoms with van der Waals surface area (Å²) in [6.45, 7) is 14.2. The summed E-state index contributed by atoms with van der Waals surface area (Å²) in [5.41, 5.74) is 3.83. The van der Waals surface area contributed by atoms with Crippen LogP contribution in [0.1, 0.15) is 62.0 Å². The van der Waals surface area contributed by atoms with Crippen LogP contribution in [0.3, 0.4) is 0 Å². The first-order valence-electron chi connectivity index (χ1n) is 11.2. The Hall–Kier alpha value is -1.78. The highest BCUT2D eigenvalue weighted by Gasteiger charge is 2.21. The third kappa shape index (κ3) is 6.88. The Bertz CT molecular complexity index is 752. The van der Waals surface area contributed by atoms with Crippen LogP contribution < -0.4 is 0 Å². The van der Waals surface area contributed by atoms with Crippen LogP contribution in [0.2, 0.25) is 0 Å². The van der Waals surface area contributed by atoms with Gasteiger partial charge in [-0.3, -0.25) is 0 Å². The molecule has 0 aliphatic carbocycles. The summed E-state index contributed by atoms with van der Waals surface area (Å²) in [5.74, 6) is -0.327. The number of likely N-dealkylation sites (N-methyl/N-ethyl adjacent to an activating group) is 1. The maximum absolute atomic E-state index is 13.9. The van der Waals surface area contributed by atoms with Crippen molar-refractivity contribution in [1.82, 2.24) is 4.90 Å². The van der Waals surface area contributed by atoms with Crippen LogP contribution >= 0.6 is 0 Å². The van der Waals surface area contributed by atoms with Gasteiger partial charge in [0, 0.05) is 25.3 Å². The molecule has 0 saturated carbocycles. The molecular weight excluding hydrogens is 380 g/mol. The van der Waals surface area contributed by atoms with E-state index in [1.54, 1.807) is 0 Å². The number of benzene rings is 2. The van der Waals surface area contributed by atoms with Crippen LogP contribution in [-0.2, 0) is 11.2 Å². The van der Waals surface area contributed by atoms with Crippen molar-refractivity contribution in [3.05, 3.63) is 70.3 Å². The fourth-order valence-corrected chi connectivity index (χ4v) is 3.95. The summed E-state index contributed by atoms with van der Waals surface area (Å²) in [5, 5.41) is 0. The standard InChI is InChI=1S/C26H37F2NO/c1-6-19(3)17-29(7-2)18-25(26-20(4)11-8-12-21(26)5)30-16-10-13-22-23(27)14-9-15-24(22)28/h8-9,11-12,14-15,19,25H,6-7,10,13,16-18H2,1-5H3. The molecule has 0 bridgehead atoms. The maximum atomic E-state index is 13.9. The Morgan fingerprint density at radius 1 is 0.933 bits per heavy atom. The molecule has 4 heteroatoms. The average molecular weight is 418 g/mol. The highest BCUT2D eigenvalue weighted by atomic mass is 19.1. The van der Waals surface area contributed by atoms with E-state index < -0.39 is 11.6 Å². The van der Waals surface area contributed by atoms with Gasteiger partial charge in [0.1, 0.15) is 11.6 Å². The van der Waals surface area contributed by atoms with Crippen LogP contribution in [0, 0.1) is 31.4 Å². The second kappa shape index (κ2) is 12.2. The van der Waals surface area contributed by atoms with Crippen LogP contribution in [-0.4, -0.2) is 31.1 Å². The summed E-state index contributed by atoms with van der Waals surface area (Å²) in [7, 11) is 0. The number of rotatable bonds is 12. The fraction of sp³-hybridized carbons (Fsp3) is 0.538. The quantitative estimate of drug-likeness (QED) is 0.359. The molecule has 0 N–H and O–H groups in total. The summed E-state index contributed by atoms with van der Waals surface area (Å²) in [4.78, 5) is 2.45. The molecule has 0 aromatic heterocycles. The van der Waals surface area contributed by atoms with E-state index in [1.165, 1.54) is 34.9 Å². The number of halogens is 2. The third-order valence-corrected chi connectivity index (χ3v) is 5.95. The monoisotopic (exact) mass is 417 g/mol. The van der Waals surface area contributed by atoms with E-state index in [0.29, 0.717) is 25.4 Å². The Kier molecular flexibility index (Phi) is 9.93. The van der Waals surface area contributed by atoms with Gasteiger partial charge in [-0.2, -0.15) is 0 Å². The number of hydrogen-bond acceptors (Lipinski definition) is 2. The van der Waals surface area contributed by atoms with Crippen molar-refractivity contribution >= 4 is 0 Å². The molecular formula is C26H37F2NO. The lowest BCUT2D eigenvalue weighted by Gasteiger charge is -2.30. The molecule has 2 atom stereocenters. The van der Waals surface area contributed by atoms with Gasteiger partial charge in [0.25, 0.3) is 0 Å².